The molecule has 0 radical (unpaired) electrons. The van der Waals surface area contributed by atoms with Crippen molar-refractivity contribution in [3.05, 3.63) is 0 Å². The van der Waals surface area contributed by atoms with Crippen molar-refractivity contribution in [2.24, 2.45) is 5.84 Å². The van der Waals surface area contributed by atoms with E-state index in [4.69, 9.17) is 5.84 Å². The first-order chi connectivity index (χ1) is 8.93. The summed E-state index contributed by atoms with van der Waals surface area (Å²) in [6.07, 6.45) is 1.56. The summed E-state index contributed by atoms with van der Waals surface area (Å²) in [5.41, 5.74) is -0.0642. The number of piperidine rings is 1. The zero-order valence-corrected chi connectivity index (χ0v) is 13.5. The van der Waals surface area contributed by atoms with Gasteiger partial charge in [0.15, 0.2) is 0 Å². The van der Waals surface area contributed by atoms with Gasteiger partial charge in [-0.1, -0.05) is 0 Å². The van der Waals surface area contributed by atoms with E-state index in [0.29, 0.717) is 0 Å². The first-order valence-corrected chi connectivity index (χ1v) is 7.00. The van der Waals surface area contributed by atoms with Gasteiger partial charge in [0.25, 0.3) is 0 Å². The van der Waals surface area contributed by atoms with Crippen molar-refractivity contribution >= 4 is 11.8 Å². The fourth-order valence-corrected chi connectivity index (χ4v) is 3.12. The van der Waals surface area contributed by atoms with Crippen LogP contribution in [0.1, 0.15) is 47.0 Å². The Bertz CT molecular complexity index is 375. The third-order valence-corrected chi connectivity index (χ3v) is 3.81. The summed E-state index contributed by atoms with van der Waals surface area (Å²) in [4.78, 5) is 25.4. The molecule has 116 valence electrons. The van der Waals surface area contributed by atoms with Crippen molar-refractivity contribution in [1.82, 2.24) is 15.2 Å². The van der Waals surface area contributed by atoms with Crippen molar-refractivity contribution in [1.29, 1.82) is 0 Å². The summed E-state index contributed by atoms with van der Waals surface area (Å²) in [6.45, 7) is 8.55. The average molecular weight is 284 g/mol. The molecule has 20 heavy (non-hydrogen) atoms. The summed E-state index contributed by atoms with van der Waals surface area (Å²) >= 11 is 0. The molecule has 0 aromatic rings. The van der Waals surface area contributed by atoms with Gasteiger partial charge in [-0.25, -0.2) is 5.84 Å². The van der Waals surface area contributed by atoms with Crippen LogP contribution in [-0.2, 0) is 9.59 Å². The Kier molecular flexibility index (Phi) is 4.82. The van der Waals surface area contributed by atoms with E-state index < -0.39 is 0 Å². The van der Waals surface area contributed by atoms with Crippen LogP contribution in [-0.4, -0.2) is 52.9 Å². The maximum atomic E-state index is 12.2. The molecule has 6 heteroatoms. The molecule has 1 aliphatic heterocycles. The molecular formula is C14H28N4O2. The molecule has 0 saturated carbocycles. The van der Waals surface area contributed by atoms with Gasteiger partial charge in [-0.3, -0.25) is 14.6 Å². The standard InChI is InChI=1S/C14H28N4O2/c1-13(2)8-10(9-14(3,4)16-13)17(5)11(19)7-12(20)18(6)15/h10,16H,7-9,15H2,1-6H3. The maximum absolute atomic E-state index is 12.2. The number of rotatable bonds is 3. The lowest BCUT2D eigenvalue weighted by Gasteiger charge is -2.49. The lowest BCUT2D eigenvalue weighted by atomic mass is 9.79. The topological polar surface area (TPSA) is 78.7 Å². The maximum Gasteiger partial charge on any atom is 0.245 e. The van der Waals surface area contributed by atoms with Crippen LogP contribution in [0.15, 0.2) is 0 Å². The number of nitrogens with zero attached hydrogens (tertiary/aromatic N) is 2. The van der Waals surface area contributed by atoms with E-state index >= 15 is 0 Å². The van der Waals surface area contributed by atoms with Crippen molar-refractivity contribution in [3.63, 3.8) is 0 Å². The number of hydrogen-bond donors (Lipinski definition) is 2. The van der Waals surface area contributed by atoms with E-state index in [1.165, 1.54) is 7.05 Å². The Morgan fingerprint density at radius 3 is 1.95 bits per heavy atom. The Hall–Kier alpha value is -1.14. The Morgan fingerprint density at radius 1 is 1.10 bits per heavy atom. The quantitative estimate of drug-likeness (QED) is 0.342. The minimum atomic E-state index is -0.366. The summed E-state index contributed by atoms with van der Waals surface area (Å²) in [7, 11) is 3.22. The number of nitrogens with one attached hydrogen (secondary N) is 1. The molecule has 1 aliphatic rings. The molecule has 1 heterocycles. The van der Waals surface area contributed by atoms with Gasteiger partial charge in [0.2, 0.25) is 11.8 Å². The van der Waals surface area contributed by atoms with E-state index in [2.05, 4.69) is 33.0 Å². The zero-order chi connectivity index (χ0) is 15.7. The van der Waals surface area contributed by atoms with Crippen molar-refractivity contribution < 1.29 is 9.59 Å². The van der Waals surface area contributed by atoms with E-state index in [0.717, 1.165) is 17.9 Å². The van der Waals surface area contributed by atoms with Crippen LogP contribution in [0.5, 0.6) is 0 Å². The van der Waals surface area contributed by atoms with Gasteiger partial charge in [-0.2, -0.15) is 0 Å². The number of carbonyl (C=O) groups excluding carboxylic acids is 2. The highest BCUT2D eigenvalue weighted by molar-refractivity contribution is 5.96. The molecule has 0 bridgehead atoms. The third-order valence-electron chi connectivity index (χ3n) is 3.81. The number of nitrogens with two attached hydrogens (primary N) is 1. The highest BCUT2D eigenvalue weighted by atomic mass is 16.2. The van der Waals surface area contributed by atoms with Gasteiger partial charge >= 0.3 is 0 Å². The number of amides is 2. The second-order valence-electron chi connectivity index (χ2n) is 7.14. The van der Waals surface area contributed by atoms with Crippen LogP contribution in [0.25, 0.3) is 0 Å². The van der Waals surface area contributed by atoms with Crippen LogP contribution in [0.4, 0.5) is 0 Å². The molecule has 0 aromatic carbocycles. The molecule has 6 nitrogen and oxygen atoms in total. The SMILES string of the molecule is CN(N)C(=O)CC(=O)N(C)C1CC(C)(C)NC(C)(C)C1. The van der Waals surface area contributed by atoms with Crippen LogP contribution >= 0.6 is 0 Å². The van der Waals surface area contributed by atoms with E-state index in [9.17, 15) is 9.59 Å². The average Bonchev–Trinajstić information content (AvgIpc) is 2.23. The smallest absolute Gasteiger partial charge is 0.245 e. The van der Waals surface area contributed by atoms with Gasteiger partial charge in [0.1, 0.15) is 6.42 Å². The lowest BCUT2D eigenvalue weighted by Crippen LogP contribution is -2.62. The summed E-state index contributed by atoms with van der Waals surface area (Å²) < 4.78 is 0. The lowest BCUT2D eigenvalue weighted by molar-refractivity contribution is -0.141. The van der Waals surface area contributed by atoms with Gasteiger partial charge in [0.05, 0.1) is 0 Å². The molecule has 3 N–H and O–H groups in total. The van der Waals surface area contributed by atoms with Crippen LogP contribution in [0.3, 0.4) is 0 Å². The van der Waals surface area contributed by atoms with E-state index in [-0.39, 0.29) is 35.4 Å². The molecule has 0 unspecified atom stereocenters. The highest BCUT2D eigenvalue weighted by Crippen LogP contribution is 2.31. The van der Waals surface area contributed by atoms with Crippen LogP contribution < -0.4 is 11.2 Å². The Labute approximate surface area is 121 Å². The molecule has 1 rings (SSSR count). The molecular weight excluding hydrogens is 256 g/mol. The largest absolute Gasteiger partial charge is 0.342 e. The summed E-state index contributed by atoms with van der Waals surface area (Å²) in [5, 5.41) is 4.54. The highest BCUT2D eigenvalue weighted by Gasteiger charge is 2.40. The Balaban J connectivity index is 2.73. The molecule has 2 amide bonds. The van der Waals surface area contributed by atoms with E-state index in [1.807, 2.05) is 0 Å². The predicted molar refractivity (Wildman–Crippen MR) is 78.7 cm³/mol. The van der Waals surface area contributed by atoms with Crippen molar-refractivity contribution in [2.75, 3.05) is 14.1 Å². The summed E-state index contributed by atoms with van der Waals surface area (Å²) in [6, 6.07) is 0.129. The van der Waals surface area contributed by atoms with Gasteiger partial charge < -0.3 is 10.2 Å². The third kappa shape index (κ3) is 4.45. The van der Waals surface area contributed by atoms with Gasteiger partial charge in [-0.15, -0.1) is 0 Å². The Morgan fingerprint density at radius 2 is 1.55 bits per heavy atom. The first-order valence-electron chi connectivity index (χ1n) is 7.00. The second-order valence-corrected chi connectivity index (χ2v) is 7.14. The molecule has 0 aliphatic carbocycles. The van der Waals surface area contributed by atoms with Crippen LogP contribution in [0, 0.1) is 0 Å². The minimum absolute atomic E-state index is 0.0321. The normalized spacial score (nSPS) is 21.4. The zero-order valence-electron chi connectivity index (χ0n) is 13.5. The van der Waals surface area contributed by atoms with E-state index in [1.54, 1.807) is 11.9 Å². The molecule has 0 atom stereocenters. The number of hydrogen-bond acceptors (Lipinski definition) is 4. The monoisotopic (exact) mass is 284 g/mol. The minimum Gasteiger partial charge on any atom is -0.342 e. The predicted octanol–water partition coefficient (Wildman–Crippen LogP) is 0.476. The number of hydrazine groups is 1. The molecule has 1 saturated heterocycles. The first kappa shape index (κ1) is 16.9. The molecule has 0 aromatic heterocycles. The second kappa shape index (κ2) is 5.69. The van der Waals surface area contributed by atoms with Crippen LogP contribution in [0.2, 0.25) is 0 Å². The number of carbonyl (C=O) groups is 2. The van der Waals surface area contributed by atoms with Gasteiger partial charge in [0, 0.05) is 31.2 Å². The van der Waals surface area contributed by atoms with Gasteiger partial charge in [-0.05, 0) is 40.5 Å². The fourth-order valence-electron chi connectivity index (χ4n) is 3.12. The molecule has 0 spiro atoms. The fraction of sp³-hybridized carbons (Fsp3) is 0.857. The van der Waals surface area contributed by atoms with Crippen molar-refractivity contribution in [2.45, 2.75) is 64.1 Å². The summed E-state index contributed by atoms with van der Waals surface area (Å²) in [5.74, 6) is 4.81. The molecule has 1 fully saturated rings. The van der Waals surface area contributed by atoms with Crippen molar-refractivity contribution in [3.8, 4) is 0 Å².